The van der Waals surface area contributed by atoms with Crippen molar-refractivity contribution in [2.24, 2.45) is 0 Å². The number of aryl methyl sites for hydroxylation is 3. The minimum Gasteiger partial charge on any atom is -0.360 e. The lowest BCUT2D eigenvalue weighted by Gasteiger charge is -2.29. The van der Waals surface area contributed by atoms with Crippen molar-refractivity contribution in [2.75, 3.05) is 6.54 Å². The number of carbonyl (C=O) groups is 1. The molecular formula is C20H25N3O4S. The van der Waals surface area contributed by atoms with Gasteiger partial charge in [-0.15, -0.1) is 0 Å². The molecule has 1 aliphatic heterocycles. The molecule has 0 saturated carbocycles. The second-order valence-electron chi connectivity index (χ2n) is 7.58. The van der Waals surface area contributed by atoms with Gasteiger partial charge in [0.2, 0.25) is 15.9 Å². The number of nitrogens with zero attached hydrogens (tertiary/aromatic N) is 2. The zero-order valence-corrected chi connectivity index (χ0v) is 17.0. The highest BCUT2D eigenvalue weighted by atomic mass is 32.2. The van der Waals surface area contributed by atoms with Crippen LogP contribution in [0.3, 0.4) is 0 Å². The topological polar surface area (TPSA) is 92.5 Å². The highest BCUT2D eigenvalue weighted by Gasteiger charge is 2.42. The van der Waals surface area contributed by atoms with Crippen LogP contribution in [0.1, 0.15) is 54.3 Å². The van der Waals surface area contributed by atoms with Gasteiger partial charge in [-0.3, -0.25) is 4.79 Å². The fourth-order valence-electron chi connectivity index (χ4n) is 4.42. The first-order chi connectivity index (χ1) is 13.4. The summed E-state index contributed by atoms with van der Waals surface area (Å²) in [6.07, 6.45) is 4.06. The van der Waals surface area contributed by atoms with Gasteiger partial charge in [0, 0.05) is 6.54 Å². The van der Waals surface area contributed by atoms with E-state index in [-0.39, 0.29) is 22.6 Å². The first kappa shape index (κ1) is 19.1. The third-order valence-electron chi connectivity index (χ3n) is 5.73. The number of hydrogen-bond acceptors (Lipinski definition) is 5. The molecule has 7 nitrogen and oxygen atoms in total. The van der Waals surface area contributed by atoms with Crippen molar-refractivity contribution in [2.45, 2.75) is 62.9 Å². The summed E-state index contributed by atoms with van der Waals surface area (Å²) in [5.41, 5.74) is 2.72. The van der Waals surface area contributed by atoms with Gasteiger partial charge in [-0.2, -0.15) is 4.31 Å². The molecular weight excluding hydrogens is 378 g/mol. The van der Waals surface area contributed by atoms with E-state index in [4.69, 9.17) is 4.52 Å². The van der Waals surface area contributed by atoms with Crippen LogP contribution in [0.4, 0.5) is 0 Å². The maximum atomic E-state index is 13.2. The number of rotatable bonds is 4. The van der Waals surface area contributed by atoms with Gasteiger partial charge in [-0.1, -0.05) is 29.4 Å². The number of benzene rings is 1. The van der Waals surface area contributed by atoms with Crippen molar-refractivity contribution >= 4 is 15.9 Å². The van der Waals surface area contributed by atoms with Crippen LogP contribution in [0.5, 0.6) is 0 Å². The van der Waals surface area contributed by atoms with Crippen molar-refractivity contribution in [3.63, 3.8) is 0 Å². The summed E-state index contributed by atoms with van der Waals surface area (Å²) in [5, 5.41) is 6.87. The quantitative estimate of drug-likeness (QED) is 0.847. The number of amides is 1. The van der Waals surface area contributed by atoms with Gasteiger partial charge in [0.05, 0.1) is 6.04 Å². The van der Waals surface area contributed by atoms with Crippen molar-refractivity contribution in [1.29, 1.82) is 0 Å². The highest BCUT2D eigenvalue weighted by Crippen LogP contribution is 2.32. The zero-order valence-electron chi connectivity index (χ0n) is 16.1. The molecule has 0 spiro atoms. The first-order valence-corrected chi connectivity index (χ1v) is 11.2. The normalized spacial score (nSPS) is 22.8. The van der Waals surface area contributed by atoms with Gasteiger partial charge in [0.25, 0.3) is 0 Å². The van der Waals surface area contributed by atoms with E-state index in [1.54, 1.807) is 13.8 Å². The van der Waals surface area contributed by atoms with Crippen molar-refractivity contribution in [3.05, 3.63) is 46.8 Å². The molecule has 2 heterocycles. The van der Waals surface area contributed by atoms with Crippen LogP contribution in [0.25, 0.3) is 0 Å². The molecule has 2 aromatic rings. The zero-order chi connectivity index (χ0) is 19.9. The van der Waals surface area contributed by atoms with E-state index >= 15 is 0 Å². The number of nitrogens with one attached hydrogen (secondary N) is 1. The monoisotopic (exact) mass is 403 g/mol. The van der Waals surface area contributed by atoms with Crippen LogP contribution in [0.2, 0.25) is 0 Å². The third-order valence-corrected chi connectivity index (χ3v) is 7.88. The molecule has 8 heteroatoms. The number of sulfonamides is 1. The van der Waals surface area contributed by atoms with E-state index in [1.807, 2.05) is 18.2 Å². The van der Waals surface area contributed by atoms with E-state index in [9.17, 15) is 13.2 Å². The molecule has 1 aromatic carbocycles. The molecule has 28 heavy (non-hydrogen) atoms. The lowest BCUT2D eigenvalue weighted by atomic mass is 9.87. The van der Waals surface area contributed by atoms with Gasteiger partial charge in [0.1, 0.15) is 16.6 Å². The predicted molar refractivity (Wildman–Crippen MR) is 103 cm³/mol. The van der Waals surface area contributed by atoms with Crippen molar-refractivity contribution in [1.82, 2.24) is 14.8 Å². The summed E-state index contributed by atoms with van der Waals surface area (Å²) < 4.78 is 32.7. The first-order valence-electron chi connectivity index (χ1n) is 9.72. The Morgan fingerprint density at radius 3 is 2.75 bits per heavy atom. The van der Waals surface area contributed by atoms with Gasteiger partial charge < -0.3 is 9.84 Å². The predicted octanol–water partition coefficient (Wildman–Crippen LogP) is 2.64. The maximum absolute atomic E-state index is 13.2. The highest BCUT2D eigenvalue weighted by molar-refractivity contribution is 7.89. The van der Waals surface area contributed by atoms with Gasteiger partial charge >= 0.3 is 0 Å². The van der Waals surface area contributed by atoms with Gasteiger partial charge in [-0.25, -0.2) is 8.42 Å². The third kappa shape index (κ3) is 3.24. The van der Waals surface area contributed by atoms with Gasteiger partial charge in [-0.05, 0) is 57.1 Å². The minimum atomic E-state index is -3.84. The van der Waals surface area contributed by atoms with Crippen LogP contribution in [-0.4, -0.2) is 36.4 Å². The largest absolute Gasteiger partial charge is 0.360 e. The summed E-state index contributed by atoms with van der Waals surface area (Å²) in [7, 11) is -3.84. The molecule has 0 radical (unpaired) electrons. The second kappa shape index (κ2) is 7.33. The molecule has 4 rings (SSSR count). The average Bonchev–Trinajstić information content (AvgIpc) is 3.29. The summed E-state index contributed by atoms with van der Waals surface area (Å²) in [4.78, 5) is 13.1. The molecule has 1 aromatic heterocycles. The second-order valence-corrected chi connectivity index (χ2v) is 9.41. The van der Waals surface area contributed by atoms with E-state index in [2.05, 4.69) is 16.5 Å². The minimum absolute atomic E-state index is 0.0679. The Balaban J connectivity index is 1.57. The number of hydrogen-bond donors (Lipinski definition) is 1. The molecule has 0 unspecified atom stereocenters. The van der Waals surface area contributed by atoms with Crippen LogP contribution < -0.4 is 5.32 Å². The maximum Gasteiger partial charge on any atom is 0.249 e. The van der Waals surface area contributed by atoms with Crippen LogP contribution in [0.15, 0.2) is 33.7 Å². The standard InChI is InChI=1S/C20H25N3O4S/c1-13-19(14(2)27-22-13)28(25,26)23-12-6-11-18(23)20(24)21-17-10-5-8-15-7-3-4-9-16(15)17/h3-4,7,9,17-18H,5-6,8,10-12H2,1-2H3,(H,21,24)/t17-,18-/m1/s1. The van der Waals surface area contributed by atoms with Crippen molar-refractivity contribution in [3.8, 4) is 0 Å². The Morgan fingerprint density at radius 1 is 1.21 bits per heavy atom. The molecule has 2 atom stereocenters. The van der Waals surface area contributed by atoms with Crippen LogP contribution in [-0.2, 0) is 21.2 Å². The smallest absolute Gasteiger partial charge is 0.249 e. The lowest BCUT2D eigenvalue weighted by Crippen LogP contribution is -2.47. The van der Waals surface area contributed by atoms with E-state index in [0.29, 0.717) is 25.1 Å². The van der Waals surface area contributed by atoms with E-state index in [1.165, 1.54) is 9.87 Å². The molecule has 1 saturated heterocycles. The average molecular weight is 404 g/mol. The fraction of sp³-hybridized carbons (Fsp3) is 0.500. The fourth-order valence-corrected chi connectivity index (χ4v) is 6.37. The van der Waals surface area contributed by atoms with Crippen LogP contribution in [0, 0.1) is 13.8 Å². The Labute approximate surface area is 165 Å². The summed E-state index contributed by atoms with van der Waals surface area (Å²) in [6.45, 7) is 3.51. The molecule has 150 valence electrons. The molecule has 1 N–H and O–H groups in total. The van der Waals surface area contributed by atoms with Gasteiger partial charge in [0.15, 0.2) is 5.76 Å². The Hall–Kier alpha value is -2.19. The lowest BCUT2D eigenvalue weighted by molar-refractivity contribution is -0.125. The number of fused-ring (bicyclic) bond motifs is 1. The Kier molecular flexibility index (Phi) is 5.01. The molecule has 1 fully saturated rings. The Morgan fingerprint density at radius 2 is 2.00 bits per heavy atom. The van der Waals surface area contributed by atoms with Crippen LogP contribution >= 0.6 is 0 Å². The Bertz CT molecular complexity index is 979. The summed E-state index contributed by atoms with van der Waals surface area (Å²) in [5.74, 6) is 0.0271. The SMILES string of the molecule is Cc1noc(C)c1S(=O)(=O)N1CCC[C@@H]1C(=O)N[C@@H]1CCCc2ccccc21. The summed E-state index contributed by atoms with van der Waals surface area (Å²) in [6, 6.07) is 7.36. The molecule has 2 aliphatic rings. The van der Waals surface area contributed by atoms with Crippen molar-refractivity contribution < 1.29 is 17.7 Å². The molecule has 1 amide bonds. The van der Waals surface area contributed by atoms with E-state index in [0.717, 1.165) is 24.8 Å². The molecule has 0 bridgehead atoms. The molecule has 1 aliphatic carbocycles. The number of aromatic nitrogens is 1. The number of carbonyl (C=O) groups excluding carboxylic acids is 1. The summed E-state index contributed by atoms with van der Waals surface area (Å²) >= 11 is 0. The van der Waals surface area contributed by atoms with E-state index < -0.39 is 16.1 Å².